The lowest BCUT2D eigenvalue weighted by Gasteiger charge is -2.13. The number of rotatable bonds is 6. The lowest BCUT2D eigenvalue weighted by molar-refractivity contribution is 0.314. The van der Waals surface area contributed by atoms with Gasteiger partial charge in [0, 0.05) is 16.6 Å². The highest BCUT2D eigenvalue weighted by Gasteiger charge is 2.05. The van der Waals surface area contributed by atoms with E-state index in [4.69, 9.17) is 4.74 Å². The zero-order valence-electron chi connectivity index (χ0n) is 11.2. The minimum atomic E-state index is -0.482. The van der Waals surface area contributed by atoms with Crippen LogP contribution in [0.5, 0.6) is 5.75 Å². The first-order chi connectivity index (χ1) is 9.69. The molecule has 0 bridgehead atoms. The smallest absolute Gasteiger partial charge is 0.212 e. The van der Waals surface area contributed by atoms with Crippen LogP contribution in [-0.4, -0.2) is 11.6 Å². The van der Waals surface area contributed by atoms with Gasteiger partial charge in [0.05, 0.1) is 18.5 Å². The molecule has 0 saturated heterocycles. The first-order valence-electron chi connectivity index (χ1n) is 6.45. The highest BCUT2D eigenvalue weighted by atomic mass is 79.9. The van der Waals surface area contributed by atoms with E-state index in [2.05, 4.69) is 33.2 Å². The molecule has 0 fully saturated rings. The molecule has 1 aromatic heterocycles. The van der Waals surface area contributed by atoms with Crippen molar-refractivity contribution >= 4 is 21.6 Å². The van der Waals surface area contributed by atoms with Crippen molar-refractivity contribution in [1.82, 2.24) is 4.98 Å². The summed E-state index contributed by atoms with van der Waals surface area (Å²) in [4.78, 5) is 3.61. The third-order valence-electron chi connectivity index (χ3n) is 2.69. The van der Waals surface area contributed by atoms with Gasteiger partial charge < -0.3 is 10.1 Å². The van der Waals surface area contributed by atoms with Crippen LogP contribution in [0.15, 0.2) is 41.0 Å². The topological polar surface area (TPSA) is 34.1 Å². The van der Waals surface area contributed by atoms with E-state index >= 15 is 0 Å². The molecule has 1 N–H and O–H groups in total. The molecule has 0 aliphatic carbocycles. The van der Waals surface area contributed by atoms with Crippen LogP contribution in [0.4, 0.5) is 10.1 Å². The van der Waals surface area contributed by atoms with Gasteiger partial charge in [-0.05, 0) is 36.8 Å². The van der Waals surface area contributed by atoms with Gasteiger partial charge in [0.25, 0.3) is 0 Å². The Morgan fingerprint density at radius 3 is 2.85 bits per heavy atom. The van der Waals surface area contributed by atoms with Crippen LogP contribution in [0.25, 0.3) is 0 Å². The quantitative estimate of drug-likeness (QED) is 0.793. The number of pyridine rings is 1. The third kappa shape index (κ3) is 4.20. The standard InChI is InChI=1S/C15H16BrFN2O/c1-2-7-20-14-5-3-12(16)8-11(14)9-18-13-4-6-15(17)19-10-13/h3-6,8,10,18H,2,7,9H2,1H3. The van der Waals surface area contributed by atoms with Gasteiger partial charge in [-0.2, -0.15) is 4.39 Å². The number of nitrogens with one attached hydrogen (secondary N) is 1. The lowest BCUT2D eigenvalue weighted by atomic mass is 10.2. The Morgan fingerprint density at radius 1 is 1.30 bits per heavy atom. The normalized spacial score (nSPS) is 10.3. The summed E-state index contributed by atoms with van der Waals surface area (Å²) in [7, 11) is 0. The minimum Gasteiger partial charge on any atom is -0.493 e. The molecule has 0 amide bonds. The number of hydrogen-bond donors (Lipinski definition) is 1. The number of ether oxygens (including phenoxy) is 1. The summed E-state index contributed by atoms with van der Waals surface area (Å²) in [6, 6.07) is 8.90. The summed E-state index contributed by atoms with van der Waals surface area (Å²) in [6.45, 7) is 3.35. The van der Waals surface area contributed by atoms with Crippen molar-refractivity contribution in [2.24, 2.45) is 0 Å². The molecule has 1 aromatic carbocycles. The predicted octanol–water partition coefficient (Wildman–Crippen LogP) is 4.38. The summed E-state index contributed by atoms with van der Waals surface area (Å²) >= 11 is 3.45. The minimum absolute atomic E-state index is 0.482. The fourth-order valence-corrected chi connectivity index (χ4v) is 2.13. The molecular weight excluding hydrogens is 323 g/mol. The number of hydrogen-bond acceptors (Lipinski definition) is 3. The number of nitrogens with zero attached hydrogens (tertiary/aromatic N) is 1. The molecule has 0 spiro atoms. The second-order valence-electron chi connectivity index (χ2n) is 4.32. The second kappa shape index (κ2) is 7.24. The fourth-order valence-electron chi connectivity index (χ4n) is 1.72. The molecular formula is C15H16BrFN2O. The van der Waals surface area contributed by atoms with Crippen LogP contribution >= 0.6 is 15.9 Å². The van der Waals surface area contributed by atoms with E-state index in [0.29, 0.717) is 13.2 Å². The van der Waals surface area contributed by atoms with E-state index < -0.39 is 5.95 Å². The molecule has 0 unspecified atom stereocenters. The Kier molecular flexibility index (Phi) is 5.35. The lowest BCUT2D eigenvalue weighted by Crippen LogP contribution is -2.04. The average molecular weight is 339 g/mol. The summed E-state index contributed by atoms with van der Waals surface area (Å²) in [5.41, 5.74) is 1.81. The maximum absolute atomic E-state index is 12.7. The predicted molar refractivity (Wildman–Crippen MR) is 81.4 cm³/mol. The molecule has 3 nitrogen and oxygen atoms in total. The van der Waals surface area contributed by atoms with Crippen LogP contribution in [0, 0.1) is 5.95 Å². The summed E-state index contributed by atoms with van der Waals surface area (Å²) < 4.78 is 19.4. The number of anilines is 1. The van der Waals surface area contributed by atoms with Gasteiger partial charge >= 0.3 is 0 Å². The first-order valence-corrected chi connectivity index (χ1v) is 7.25. The van der Waals surface area contributed by atoms with Crippen molar-refractivity contribution < 1.29 is 9.13 Å². The second-order valence-corrected chi connectivity index (χ2v) is 5.24. The van der Waals surface area contributed by atoms with E-state index in [0.717, 1.165) is 27.9 Å². The van der Waals surface area contributed by atoms with Crippen LogP contribution < -0.4 is 10.1 Å². The van der Waals surface area contributed by atoms with E-state index in [1.165, 1.54) is 12.3 Å². The molecule has 0 aliphatic heterocycles. The molecule has 0 aliphatic rings. The van der Waals surface area contributed by atoms with Crippen molar-refractivity contribution in [2.45, 2.75) is 19.9 Å². The van der Waals surface area contributed by atoms with E-state index in [-0.39, 0.29) is 0 Å². The van der Waals surface area contributed by atoms with E-state index in [9.17, 15) is 4.39 Å². The summed E-state index contributed by atoms with van der Waals surface area (Å²) in [5.74, 6) is 0.377. The molecule has 0 radical (unpaired) electrons. The van der Waals surface area contributed by atoms with Crippen molar-refractivity contribution in [1.29, 1.82) is 0 Å². The highest BCUT2D eigenvalue weighted by Crippen LogP contribution is 2.24. The number of benzene rings is 1. The summed E-state index contributed by atoms with van der Waals surface area (Å²) in [5, 5.41) is 3.20. The van der Waals surface area contributed by atoms with Crippen molar-refractivity contribution in [3.63, 3.8) is 0 Å². The largest absolute Gasteiger partial charge is 0.493 e. The SMILES string of the molecule is CCCOc1ccc(Br)cc1CNc1ccc(F)nc1. The van der Waals surface area contributed by atoms with Crippen LogP contribution in [0.2, 0.25) is 0 Å². The van der Waals surface area contributed by atoms with Crippen molar-refractivity contribution in [3.05, 3.63) is 52.5 Å². The fraction of sp³-hybridized carbons (Fsp3) is 0.267. The first kappa shape index (κ1) is 14.8. The van der Waals surface area contributed by atoms with Gasteiger partial charge in [-0.25, -0.2) is 4.98 Å². The van der Waals surface area contributed by atoms with Crippen molar-refractivity contribution in [2.75, 3.05) is 11.9 Å². The molecule has 20 heavy (non-hydrogen) atoms. The molecule has 0 atom stereocenters. The van der Waals surface area contributed by atoms with E-state index in [1.807, 2.05) is 18.2 Å². The summed E-state index contributed by atoms with van der Waals surface area (Å²) in [6.07, 6.45) is 2.44. The Balaban J connectivity index is 2.07. The van der Waals surface area contributed by atoms with Crippen LogP contribution in [0.3, 0.4) is 0 Å². The molecule has 1 heterocycles. The molecule has 2 rings (SSSR count). The maximum atomic E-state index is 12.7. The van der Waals surface area contributed by atoms with Gasteiger partial charge in [0.2, 0.25) is 5.95 Å². The van der Waals surface area contributed by atoms with Gasteiger partial charge in [0.15, 0.2) is 0 Å². The highest BCUT2D eigenvalue weighted by molar-refractivity contribution is 9.10. The molecule has 106 valence electrons. The Labute approximate surface area is 126 Å². The van der Waals surface area contributed by atoms with Crippen LogP contribution in [-0.2, 0) is 6.54 Å². The van der Waals surface area contributed by atoms with Crippen LogP contribution in [0.1, 0.15) is 18.9 Å². The zero-order chi connectivity index (χ0) is 14.4. The van der Waals surface area contributed by atoms with Gasteiger partial charge in [-0.1, -0.05) is 22.9 Å². The molecule has 0 saturated carbocycles. The Morgan fingerprint density at radius 2 is 2.15 bits per heavy atom. The van der Waals surface area contributed by atoms with Gasteiger partial charge in [-0.3, -0.25) is 0 Å². The Hall–Kier alpha value is -1.62. The Bertz CT molecular complexity index is 560. The molecule has 5 heteroatoms. The van der Waals surface area contributed by atoms with Gasteiger partial charge in [0.1, 0.15) is 5.75 Å². The van der Waals surface area contributed by atoms with E-state index in [1.54, 1.807) is 6.07 Å². The molecule has 2 aromatic rings. The van der Waals surface area contributed by atoms with Gasteiger partial charge in [-0.15, -0.1) is 0 Å². The average Bonchev–Trinajstić information content (AvgIpc) is 2.46. The zero-order valence-corrected chi connectivity index (χ0v) is 12.8. The number of halogens is 2. The monoisotopic (exact) mass is 338 g/mol. The number of aromatic nitrogens is 1. The third-order valence-corrected chi connectivity index (χ3v) is 3.19. The maximum Gasteiger partial charge on any atom is 0.212 e. The van der Waals surface area contributed by atoms with Crippen molar-refractivity contribution in [3.8, 4) is 5.75 Å².